The van der Waals surface area contributed by atoms with Crippen LogP contribution in [0.3, 0.4) is 0 Å². The second kappa shape index (κ2) is 21.5. The number of nitrogens with one attached hydrogen (secondary N) is 3. The van der Waals surface area contributed by atoms with Crippen LogP contribution in [0, 0.1) is 5.41 Å². The number of hydrogen-bond donors (Lipinski definition) is 5. The molecule has 0 aliphatic carbocycles. The van der Waals surface area contributed by atoms with E-state index in [2.05, 4.69) is 10.6 Å². The first-order valence-corrected chi connectivity index (χ1v) is 14.7. The number of carboxylic acid groups (broad SMARTS) is 1. The molecule has 4 unspecified atom stereocenters. The molecular weight excluding hydrogens is 575 g/mol. The number of piperidine rings is 2. The van der Waals surface area contributed by atoms with Crippen LogP contribution < -0.4 is 16.4 Å². The van der Waals surface area contributed by atoms with E-state index in [4.69, 9.17) is 25.7 Å². The summed E-state index contributed by atoms with van der Waals surface area (Å²) < 4.78 is 9.88. The number of guanidine groups is 1. The van der Waals surface area contributed by atoms with Crippen molar-refractivity contribution >= 4 is 46.9 Å². The Hall–Kier alpha value is -3.19. The van der Waals surface area contributed by atoms with Crippen molar-refractivity contribution in [3.05, 3.63) is 71.8 Å². The number of rotatable bonds is 8. The van der Waals surface area contributed by atoms with E-state index in [-0.39, 0.29) is 74.3 Å². The Labute approximate surface area is 279 Å². The van der Waals surface area contributed by atoms with Gasteiger partial charge in [-0.25, -0.2) is 0 Å². The van der Waals surface area contributed by atoms with Crippen LogP contribution in [0.15, 0.2) is 60.7 Å². The number of nitrogens with two attached hydrogens (primary N) is 1. The zero-order chi connectivity index (χ0) is 31.6. The average molecular weight is 624 g/mol. The number of ether oxygens (including phenoxy) is 2. The van der Waals surface area contributed by atoms with Gasteiger partial charge in [-0.2, -0.15) is 0 Å². The molecule has 240 valence electrons. The molecule has 0 aromatic heterocycles. The minimum atomic E-state index is -0.993. The van der Waals surface area contributed by atoms with E-state index in [0.717, 1.165) is 42.0 Å². The summed E-state index contributed by atoms with van der Waals surface area (Å²) in [5, 5.41) is 21.7. The molecule has 2 aliphatic heterocycles. The first-order valence-electron chi connectivity index (χ1n) is 14.7. The van der Waals surface area contributed by atoms with Crippen LogP contribution in [-0.2, 0) is 23.9 Å². The van der Waals surface area contributed by atoms with Crippen LogP contribution in [0.1, 0.15) is 64.3 Å². The average Bonchev–Trinajstić information content (AvgIpc) is 3.03. The van der Waals surface area contributed by atoms with Crippen LogP contribution in [0.4, 0.5) is 0 Å². The predicted octanol–water partition coefficient (Wildman–Crippen LogP) is 2.91. The molecule has 11 nitrogen and oxygen atoms in total. The molecule has 0 radical (unpaired) electrons. The Bertz CT molecular complexity index is 1070. The molecule has 2 aromatic rings. The molecule has 0 saturated carbocycles. The van der Waals surface area contributed by atoms with Gasteiger partial charge in [-0.15, -0.1) is 0 Å². The molecule has 6 N–H and O–H groups in total. The van der Waals surface area contributed by atoms with Gasteiger partial charge in [-0.05, 0) is 49.9 Å². The maximum Gasteiger partial charge on any atom is 2.00 e. The van der Waals surface area contributed by atoms with Crippen molar-refractivity contribution in [2.24, 2.45) is 5.73 Å². The van der Waals surface area contributed by atoms with E-state index in [0.29, 0.717) is 0 Å². The minimum absolute atomic E-state index is 0. The van der Waals surface area contributed by atoms with Gasteiger partial charge >= 0.3 is 41.0 Å². The normalized spacial score (nSPS) is 18.6. The Balaban J connectivity index is 0. The smallest absolute Gasteiger partial charge is 1.00 e. The second-order valence-electron chi connectivity index (χ2n) is 10.6. The standard InChI is InChI=1S/2C14H19NO2.C4H9N3O2.Mg.2H/c2*1-17-14(16)13(11-7-3-2-4-8-11)12-9-5-6-10-15-12;1-7(4(5)6)2-3(8)9;;;/h2*2-4,7-8,12-13,15H,5-6,9-10H2,1H3;2H2,1H3,(H3,5,6)(H,8,9);;;/q;;;+2;2*-1. The summed E-state index contributed by atoms with van der Waals surface area (Å²) in [6.45, 7) is 1.76. The van der Waals surface area contributed by atoms with Crippen molar-refractivity contribution in [1.29, 1.82) is 5.41 Å². The Kier molecular flexibility index (Phi) is 19.0. The summed E-state index contributed by atoms with van der Waals surface area (Å²) in [6, 6.07) is 20.2. The number of benzene rings is 2. The predicted molar refractivity (Wildman–Crippen MR) is 174 cm³/mol. The number of carbonyl (C=O) groups excluding carboxylic acids is 2. The Morgan fingerprint density at radius 3 is 1.50 bits per heavy atom. The maximum absolute atomic E-state index is 11.9. The summed E-state index contributed by atoms with van der Waals surface area (Å²) in [5.41, 5.74) is 7.01. The molecule has 4 atom stereocenters. The molecule has 2 fully saturated rings. The van der Waals surface area contributed by atoms with Crippen molar-refractivity contribution in [3.8, 4) is 0 Å². The molecule has 2 saturated heterocycles. The topological polar surface area (TPSA) is 167 Å². The molecule has 0 bridgehead atoms. The van der Waals surface area contributed by atoms with Crippen molar-refractivity contribution < 1.29 is 31.8 Å². The molecule has 2 aromatic carbocycles. The monoisotopic (exact) mass is 623 g/mol. The number of hydrogen-bond acceptors (Lipinski definition) is 8. The molecular formula is C32H49MgN5O6. The fraction of sp³-hybridized carbons (Fsp3) is 0.500. The van der Waals surface area contributed by atoms with Crippen molar-refractivity contribution in [2.75, 3.05) is 40.9 Å². The van der Waals surface area contributed by atoms with E-state index in [1.807, 2.05) is 60.7 Å². The maximum atomic E-state index is 11.9. The molecule has 44 heavy (non-hydrogen) atoms. The molecule has 4 rings (SSSR count). The first kappa shape index (κ1) is 38.8. The third-order valence-corrected chi connectivity index (χ3v) is 7.51. The summed E-state index contributed by atoms with van der Waals surface area (Å²) in [6.07, 6.45) is 6.82. The number of carboxylic acids is 1. The van der Waals surface area contributed by atoms with E-state index in [9.17, 15) is 14.4 Å². The van der Waals surface area contributed by atoms with E-state index in [1.54, 1.807) is 0 Å². The van der Waals surface area contributed by atoms with Crippen LogP contribution in [0.5, 0.6) is 0 Å². The van der Waals surface area contributed by atoms with Gasteiger partial charge in [0.05, 0.1) is 26.1 Å². The third-order valence-electron chi connectivity index (χ3n) is 7.51. The van der Waals surface area contributed by atoms with Gasteiger partial charge in [0.25, 0.3) is 0 Å². The summed E-state index contributed by atoms with van der Waals surface area (Å²) >= 11 is 0. The zero-order valence-electron chi connectivity index (χ0n) is 28.2. The summed E-state index contributed by atoms with van der Waals surface area (Å²) in [7, 11) is 4.36. The number of esters is 2. The fourth-order valence-electron chi connectivity index (χ4n) is 5.25. The zero-order valence-corrected chi connectivity index (χ0v) is 27.6. The number of methoxy groups -OCH3 is 2. The summed E-state index contributed by atoms with van der Waals surface area (Å²) in [4.78, 5) is 34.9. The van der Waals surface area contributed by atoms with Crippen LogP contribution in [-0.4, -0.2) is 110 Å². The van der Waals surface area contributed by atoms with Gasteiger partial charge in [0.1, 0.15) is 6.54 Å². The van der Waals surface area contributed by atoms with Gasteiger partial charge in [0, 0.05) is 19.1 Å². The second-order valence-corrected chi connectivity index (χ2v) is 10.6. The van der Waals surface area contributed by atoms with Crippen LogP contribution in [0.2, 0.25) is 0 Å². The molecule has 12 heteroatoms. The SMILES string of the molecule is CN(CC(=O)O)C(=N)N.COC(=O)C(c1ccccc1)C1CCCCN1.COC(=O)C(c1ccccc1)C1CCCCN1.[H-].[H-].[Mg+2]. The molecule has 2 aliphatic rings. The number of carbonyl (C=O) groups is 3. The fourth-order valence-corrected chi connectivity index (χ4v) is 5.25. The van der Waals surface area contributed by atoms with E-state index in [1.165, 1.54) is 47.0 Å². The Morgan fingerprint density at radius 2 is 1.25 bits per heavy atom. The number of aliphatic carboxylic acids is 1. The van der Waals surface area contributed by atoms with Crippen LogP contribution >= 0.6 is 0 Å². The molecule has 0 amide bonds. The van der Waals surface area contributed by atoms with Gasteiger partial charge in [0.2, 0.25) is 0 Å². The van der Waals surface area contributed by atoms with Gasteiger partial charge in [-0.3, -0.25) is 19.8 Å². The number of nitrogens with zero attached hydrogens (tertiary/aromatic N) is 1. The van der Waals surface area contributed by atoms with E-state index >= 15 is 0 Å². The quantitative estimate of drug-likeness (QED) is 0.128. The summed E-state index contributed by atoms with van der Waals surface area (Å²) in [5.74, 6) is -1.88. The van der Waals surface area contributed by atoms with Crippen LogP contribution in [0.25, 0.3) is 0 Å². The number of likely N-dealkylation sites (N-methyl/N-ethyl adjacent to an activating group) is 1. The van der Waals surface area contributed by atoms with E-state index < -0.39 is 5.97 Å². The first-order chi connectivity index (χ1) is 20.7. The van der Waals surface area contributed by atoms with Crippen molar-refractivity contribution in [1.82, 2.24) is 15.5 Å². The van der Waals surface area contributed by atoms with Gasteiger partial charge in [-0.1, -0.05) is 73.5 Å². The molecule has 0 spiro atoms. The Morgan fingerprint density at radius 1 is 0.864 bits per heavy atom. The van der Waals surface area contributed by atoms with Gasteiger partial charge < -0.3 is 38.7 Å². The van der Waals surface area contributed by atoms with Crippen molar-refractivity contribution in [3.63, 3.8) is 0 Å². The largest absolute Gasteiger partial charge is 2.00 e. The molecule has 2 heterocycles. The van der Waals surface area contributed by atoms with Crippen molar-refractivity contribution in [2.45, 2.75) is 62.4 Å². The minimum Gasteiger partial charge on any atom is -1.00 e. The van der Waals surface area contributed by atoms with Gasteiger partial charge in [0.15, 0.2) is 5.96 Å². The third kappa shape index (κ3) is 13.2.